The van der Waals surface area contributed by atoms with Crippen molar-refractivity contribution in [3.05, 3.63) is 24.3 Å². The second kappa shape index (κ2) is 8.44. The summed E-state index contributed by atoms with van der Waals surface area (Å²) in [4.78, 5) is 22.5. The average molecular weight is 373 g/mol. The Morgan fingerprint density at radius 1 is 1.00 bits per heavy atom. The van der Waals surface area contributed by atoms with Gasteiger partial charge < -0.3 is 15.4 Å². The minimum Gasteiger partial charge on any atom is -0.482 e. The van der Waals surface area contributed by atoms with Gasteiger partial charge in [-0.05, 0) is 12.1 Å². The monoisotopic (exact) mass is 373 g/mol. The van der Waals surface area contributed by atoms with E-state index in [1.807, 2.05) is 0 Å². The van der Waals surface area contributed by atoms with Crippen LogP contribution in [-0.4, -0.2) is 44.0 Å². The molecule has 25 heavy (non-hydrogen) atoms. The first kappa shape index (κ1) is 20.4. The summed E-state index contributed by atoms with van der Waals surface area (Å²) in [5, 5.41) is 5.47. The van der Waals surface area contributed by atoms with E-state index < -0.39 is 44.0 Å². The van der Waals surface area contributed by atoms with Crippen molar-refractivity contribution in [1.29, 1.82) is 0 Å². The van der Waals surface area contributed by atoms with Crippen molar-refractivity contribution in [3.63, 3.8) is 0 Å². The van der Waals surface area contributed by atoms with E-state index in [0.29, 0.717) is 0 Å². The zero-order chi connectivity index (χ0) is 19.1. The van der Waals surface area contributed by atoms with Gasteiger partial charge in [-0.15, -0.1) is 0 Å². The summed E-state index contributed by atoms with van der Waals surface area (Å²) in [6.07, 6.45) is -9.19. The number of para-hydroxylation sites is 2. The molecule has 6 nitrogen and oxygen atoms in total. The zero-order valence-electron chi connectivity index (χ0n) is 12.4. The van der Waals surface area contributed by atoms with Gasteiger partial charge in [-0.2, -0.15) is 26.3 Å². The molecular formula is C13H13F6N3O3. The highest BCUT2D eigenvalue weighted by atomic mass is 19.4. The highest BCUT2D eigenvalue weighted by molar-refractivity contribution is 5.96. The van der Waals surface area contributed by atoms with Crippen LogP contribution in [0.4, 0.5) is 36.8 Å². The molecule has 3 amide bonds. The minimum absolute atomic E-state index is 0.0394. The van der Waals surface area contributed by atoms with Crippen LogP contribution in [0.3, 0.4) is 0 Å². The lowest BCUT2D eigenvalue weighted by Gasteiger charge is -2.14. The topological polar surface area (TPSA) is 79.5 Å². The van der Waals surface area contributed by atoms with Gasteiger partial charge in [0.2, 0.25) is 5.91 Å². The molecule has 0 unspecified atom stereocenters. The average Bonchev–Trinajstić information content (AvgIpc) is 2.48. The van der Waals surface area contributed by atoms with Crippen LogP contribution < -0.4 is 20.7 Å². The lowest BCUT2D eigenvalue weighted by molar-refractivity contribution is -0.153. The molecule has 0 spiro atoms. The van der Waals surface area contributed by atoms with Gasteiger partial charge in [0, 0.05) is 0 Å². The number of halogens is 6. The number of urea groups is 1. The van der Waals surface area contributed by atoms with Gasteiger partial charge in [0.05, 0.1) is 12.2 Å². The first-order valence-corrected chi connectivity index (χ1v) is 6.63. The molecule has 12 heteroatoms. The maximum absolute atomic E-state index is 12.2. The number of imide groups is 1. The van der Waals surface area contributed by atoms with Crippen LogP contribution in [0.1, 0.15) is 0 Å². The molecule has 0 aromatic heterocycles. The fraction of sp³-hybridized carbons (Fsp3) is 0.385. The van der Waals surface area contributed by atoms with Crippen LogP contribution in [0, 0.1) is 0 Å². The SMILES string of the molecule is O=C(CNc1ccccc1OCC(F)(F)F)NC(=O)NCC(F)(F)F. The van der Waals surface area contributed by atoms with E-state index >= 15 is 0 Å². The third kappa shape index (κ3) is 9.27. The van der Waals surface area contributed by atoms with E-state index in [-0.39, 0.29) is 11.4 Å². The molecule has 140 valence electrons. The molecule has 1 aromatic rings. The number of hydrogen-bond donors (Lipinski definition) is 3. The number of amides is 3. The van der Waals surface area contributed by atoms with Crippen molar-refractivity contribution >= 4 is 17.6 Å². The maximum atomic E-state index is 12.2. The second-order valence-electron chi connectivity index (χ2n) is 4.60. The summed E-state index contributed by atoms with van der Waals surface area (Å²) in [7, 11) is 0. The number of ether oxygens (including phenoxy) is 1. The van der Waals surface area contributed by atoms with Crippen LogP contribution in [0.15, 0.2) is 24.3 Å². The van der Waals surface area contributed by atoms with Gasteiger partial charge in [0.15, 0.2) is 6.61 Å². The number of anilines is 1. The molecular weight excluding hydrogens is 360 g/mol. The normalized spacial score (nSPS) is 11.6. The van der Waals surface area contributed by atoms with Gasteiger partial charge in [0.25, 0.3) is 0 Å². The van der Waals surface area contributed by atoms with Crippen molar-refractivity contribution in [2.75, 3.05) is 25.0 Å². The molecule has 0 aliphatic rings. The number of nitrogens with one attached hydrogen (secondary N) is 3. The number of carbonyl (C=O) groups excluding carboxylic acids is 2. The molecule has 1 rings (SSSR count). The first-order valence-electron chi connectivity index (χ1n) is 6.63. The Labute approximate surface area is 137 Å². The van der Waals surface area contributed by atoms with Crippen molar-refractivity contribution in [1.82, 2.24) is 10.6 Å². The van der Waals surface area contributed by atoms with Crippen molar-refractivity contribution in [2.45, 2.75) is 12.4 Å². The largest absolute Gasteiger partial charge is 0.482 e. The highest BCUT2D eigenvalue weighted by Crippen LogP contribution is 2.26. The standard InChI is InChI=1S/C13H13F6N3O3/c14-12(15,16)6-21-11(24)22-10(23)5-20-8-3-1-2-4-9(8)25-7-13(17,18)19/h1-4,20H,5-7H2,(H2,21,22,23,24). The number of carbonyl (C=O) groups is 2. The molecule has 0 aliphatic carbocycles. The summed E-state index contributed by atoms with van der Waals surface area (Å²) < 4.78 is 76.7. The lowest BCUT2D eigenvalue weighted by Crippen LogP contribution is -2.45. The predicted molar refractivity (Wildman–Crippen MR) is 74.1 cm³/mol. The maximum Gasteiger partial charge on any atom is 0.422 e. The fourth-order valence-electron chi connectivity index (χ4n) is 1.47. The third-order valence-electron chi connectivity index (χ3n) is 2.42. The van der Waals surface area contributed by atoms with Crippen LogP contribution in [-0.2, 0) is 4.79 Å². The lowest BCUT2D eigenvalue weighted by atomic mass is 10.3. The number of alkyl halides is 6. The number of benzene rings is 1. The first-order chi connectivity index (χ1) is 11.5. The Morgan fingerprint density at radius 2 is 1.64 bits per heavy atom. The predicted octanol–water partition coefficient (Wildman–Crippen LogP) is 2.43. The van der Waals surface area contributed by atoms with Crippen molar-refractivity contribution in [2.24, 2.45) is 0 Å². The Balaban J connectivity index is 2.49. The van der Waals surface area contributed by atoms with Gasteiger partial charge in [-0.3, -0.25) is 10.1 Å². The van der Waals surface area contributed by atoms with Crippen molar-refractivity contribution in [3.8, 4) is 5.75 Å². The van der Waals surface area contributed by atoms with E-state index in [2.05, 4.69) is 10.1 Å². The van der Waals surface area contributed by atoms with E-state index in [4.69, 9.17) is 0 Å². The van der Waals surface area contributed by atoms with Crippen molar-refractivity contribution < 1.29 is 40.7 Å². The summed E-state index contributed by atoms with van der Waals surface area (Å²) >= 11 is 0. The van der Waals surface area contributed by atoms with Crippen LogP contribution >= 0.6 is 0 Å². The van der Waals surface area contributed by atoms with Crippen LogP contribution in [0.5, 0.6) is 5.75 Å². The Bertz CT molecular complexity index is 603. The van der Waals surface area contributed by atoms with Gasteiger partial charge in [-0.1, -0.05) is 12.1 Å². The molecule has 3 N–H and O–H groups in total. The molecule has 0 fully saturated rings. The molecule has 0 atom stereocenters. The molecule has 0 radical (unpaired) electrons. The van der Waals surface area contributed by atoms with Gasteiger partial charge in [0.1, 0.15) is 12.3 Å². The summed E-state index contributed by atoms with van der Waals surface area (Å²) in [6, 6.07) is 4.05. The van der Waals surface area contributed by atoms with E-state index in [1.165, 1.54) is 29.6 Å². The summed E-state index contributed by atoms with van der Waals surface area (Å²) in [5.41, 5.74) is 0.0394. The molecule has 1 aromatic carbocycles. The molecule has 0 heterocycles. The fourth-order valence-corrected chi connectivity index (χ4v) is 1.47. The minimum atomic E-state index is -4.63. The molecule has 0 aliphatic heterocycles. The van der Waals surface area contributed by atoms with E-state index in [0.717, 1.165) is 0 Å². The Hall–Kier alpha value is -2.66. The molecule has 0 saturated carbocycles. The van der Waals surface area contributed by atoms with Gasteiger partial charge in [-0.25, -0.2) is 4.79 Å². The van der Waals surface area contributed by atoms with Crippen LogP contribution in [0.25, 0.3) is 0 Å². The summed E-state index contributed by atoms with van der Waals surface area (Å²) in [5.74, 6) is -1.18. The van der Waals surface area contributed by atoms with E-state index in [9.17, 15) is 35.9 Å². The third-order valence-corrected chi connectivity index (χ3v) is 2.42. The Morgan fingerprint density at radius 3 is 2.24 bits per heavy atom. The second-order valence-corrected chi connectivity index (χ2v) is 4.60. The Kier molecular flexibility index (Phi) is 6.88. The molecule has 0 bridgehead atoms. The van der Waals surface area contributed by atoms with Gasteiger partial charge >= 0.3 is 18.4 Å². The zero-order valence-corrected chi connectivity index (χ0v) is 12.4. The number of hydrogen-bond acceptors (Lipinski definition) is 4. The van der Waals surface area contributed by atoms with E-state index in [1.54, 1.807) is 5.32 Å². The summed E-state index contributed by atoms with van der Waals surface area (Å²) in [6.45, 7) is -3.74. The smallest absolute Gasteiger partial charge is 0.422 e. The quantitative estimate of drug-likeness (QED) is 0.670. The van der Waals surface area contributed by atoms with Crippen LogP contribution in [0.2, 0.25) is 0 Å². The highest BCUT2D eigenvalue weighted by Gasteiger charge is 2.29. The molecule has 0 saturated heterocycles. The number of rotatable bonds is 6.